The van der Waals surface area contributed by atoms with Crippen LogP contribution in [0.15, 0.2) is 46.2 Å². The molecule has 5 nitrogen and oxygen atoms in total. The van der Waals surface area contributed by atoms with Crippen LogP contribution in [0.3, 0.4) is 0 Å². The Morgan fingerprint density at radius 2 is 1.70 bits per heavy atom. The Labute approximate surface area is 145 Å². The number of sulfone groups is 1. The van der Waals surface area contributed by atoms with Crippen LogP contribution in [-0.4, -0.2) is 20.2 Å². The van der Waals surface area contributed by atoms with Crippen molar-refractivity contribution in [1.82, 2.24) is 5.32 Å². The molecule has 23 heavy (non-hydrogen) atoms. The number of amides is 2. The van der Waals surface area contributed by atoms with E-state index in [4.69, 9.17) is 11.6 Å². The molecular weight excluding hydrogens is 406 g/mol. The second-order valence-corrected chi connectivity index (χ2v) is 7.80. The summed E-state index contributed by atoms with van der Waals surface area (Å²) in [6, 6.07) is 8.45. The lowest BCUT2D eigenvalue weighted by molar-refractivity contribution is 0.0879. The number of hydrogen-bond donors (Lipinski definition) is 1. The second-order valence-electron chi connectivity index (χ2n) is 4.88. The third-order valence-electron chi connectivity index (χ3n) is 3.48. The minimum absolute atomic E-state index is 0.0542. The minimum atomic E-state index is -3.87. The van der Waals surface area contributed by atoms with E-state index in [1.54, 1.807) is 12.1 Å². The number of alkyl halides is 1. The molecule has 0 unspecified atom stereocenters. The lowest BCUT2D eigenvalue weighted by Gasteiger charge is -2.10. The molecule has 1 N–H and O–H groups in total. The van der Waals surface area contributed by atoms with E-state index < -0.39 is 21.7 Å². The largest absolute Gasteiger partial charge is 0.288 e. The minimum Gasteiger partial charge on any atom is -0.288 e. The quantitative estimate of drug-likeness (QED) is 0.618. The maximum atomic E-state index is 12.9. The maximum Gasteiger partial charge on any atom is 0.258 e. The monoisotopic (exact) mass is 413 g/mol. The van der Waals surface area contributed by atoms with E-state index in [0.29, 0.717) is 15.9 Å². The van der Waals surface area contributed by atoms with E-state index in [-0.39, 0.29) is 20.9 Å². The first-order valence-corrected chi connectivity index (χ1v) is 9.42. The van der Waals surface area contributed by atoms with Gasteiger partial charge in [0.05, 0.1) is 20.9 Å². The normalized spacial score (nSPS) is 13.8. The Kier molecular flexibility index (Phi) is 4.03. The Bertz CT molecular complexity index is 956. The molecule has 118 valence electrons. The standard InChI is InChI=1S/C15H9BrClNO4S/c16-7-8-1-2-9(17)5-13(8)23(21,22)10-3-4-11-12(6-10)15(20)18-14(11)19/h1-6H,7H2,(H,18,19,20). The lowest BCUT2D eigenvalue weighted by Crippen LogP contribution is -2.19. The second kappa shape index (κ2) is 5.74. The van der Waals surface area contributed by atoms with Crippen LogP contribution in [0.4, 0.5) is 0 Å². The summed E-state index contributed by atoms with van der Waals surface area (Å²) in [7, 11) is -3.87. The van der Waals surface area contributed by atoms with E-state index in [1.807, 2.05) is 0 Å². The Morgan fingerprint density at radius 3 is 2.39 bits per heavy atom. The molecule has 0 radical (unpaired) electrons. The van der Waals surface area contributed by atoms with Crippen LogP contribution in [-0.2, 0) is 15.2 Å². The van der Waals surface area contributed by atoms with Crippen LogP contribution in [0.1, 0.15) is 26.3 Å². The fourth-order valence-corrected chi connectivity index (χ4v) is 4.78. The third kappa shape index (κ3) is 2.69. The number of benzene rings is 2. The maximum absolute atomic E-state index is 12.9. The van der Waals surface area contributed by atoms with Crippen molar-refractivity contribution >= 4 is 49.2 Å². The number of rotatable bonds is 3. The van der Waals surface area contributed by atoms with Crippen LogP contribution in [0.2, 0.25) is 5.02 Å². The predicted molar refractivity (Wildman–Crippen MR) is 87.8 cm³/mol. The highest BCUT2D eigenvalue weighted by Crippen LogP contribution is 2.30. The van der Waals surface area contributed by atoms with E-state index >= 15 is 0 Å². The zero-order valence-electron chi connectivity index (χ0n) is 11.5. The first-order valence-electron chi connectivity index (χ1n) is 6.44. The number of carbonyl (C=O) groups excluding carboxylic acids is 2. The number of fused-ring (bicyclic) bond motifs is 1. The van der Waals surface area contributed by atoms with Gasteiger partial charge >= 0.3 is 0 Å². The van der Waals surface area contributed by atoms with Crippen molar-refractivity contribution in [2.75, 3.05) is 0 Å². The van der Waals surface area contributed by atoms with Crippen molar-refractivity contribution < 1.29 is 18.0 Å². The zero-order valence-corrected chi connectivity index (χ0v) is 14.6. The Morgan fingerprint density at radius 1 is 1.00 bits per heavy atom. The van der Waals surface area contributed by atoms with Gasteiger partial charge in [0.25, 0.3) is 11.8 Å². The van der Waals surface area contributed by atoms with Gasteiger partial charge in [-0.1, -0.05) is 33.6 Å². The summed E-state index contributed by atoms with van der Waals surface area (Å²) < 4.78 is 25.7. The highest BCUT2D eigenvalue weighted by atomic mass is 79.9. The Balaban J connectivity index is 2.19. The smallest absolute Gasteiger partial charge is 0.258 e. The van der Waals surface area contributed by atoms with Crippen molar-refractivity contribution in [3.05, 3.63) is 58.1 Å². The van der Waals surface area contributed by atoms with Gasteiger partial charge in [-0.15, -0.1) is 0 Å². The van der Waals surface area contributed by atoms with Gasteiger partial charge in [0, 0.05) is 10.4 Å². The molecular formula is C15H9BrClNO4S. The molecule has 0 spiro atoms. The van der Waals surface area contributed by atoms with Gasteiger partial charge in [-0.2, -0.15) is 0 Å². The summed E-state index contributed by atoms with van der Waals surface area (Å²) >= 11 is 9.16. The molecule has 0 saturated heterocycles. The van der Waals surface area contributed by atoms with Gasteiger partial charge in [0.2, 0.25) is 9.84 Å². The van der Waals surface area contributed by atoms with Gasteiger partial charge < -0.3 is 0 Å². The molecule has 2 amide bonds. The van der Waals surface area contributed by atoms with Gasteiger partial charge in [0.1, 0.15) is 0 Å². The van der Waals surface area contributed by atoms with Crippen LogP contribution < -0.4 is 5.32 Å². The number of halogens is 2. The molecule has 3 rings (SSSR count). The summed E-state index contributed by atoms with van der Waals surface area (Å²) in [4.78, 5) is 23.3. The Hall–Kier alpha value is -1.70. The number of imide groups is 1. The molecule has 0 saturated carbocycles. The van der Waals surface area contributed by atoms with Crippen LogP contribution in [0.5, 0.6) is 0 Å². The number of nitrogens with one attached hydrogen (secondary N) is 1. The average molecular weight is 415 g/mol. The lowest BCUT2D eigenvalue weighted by atomic mass is 10.1. The zero-order chi connectivity index (χ0) is 16.8. The topological polar surface area (TPSA) is 80.3 Å². The molecule has 1 aliphatic rings. The average Bonchev–Trinajstić information content (AvgIpc) is 2.81. The first kappa shape index (κ1) is 16.2. The molecule has 0 aromatic heterocycles. The van der Waals surface area contributed by atoms with Gasteiger partial charge in [-0.3, -0.25) is 14.9 Å². The van der Waals surface area contributed by atoms with E-state index in [0.717, 1.165) is 0 Å². The molecule has 2 aromatic rings. The summed E-state index contributed by atoms with van der Waals surface area (Å²) in [5.74, 6) is -1.13. The SMILES string of the molecule is O=C1NC(=O)c2cc(S(=O)(=O)c3cc(Cl)ccc3CBr)ccc21. The third-order valence-corrected chi connectivity index (χ3v) is 6.15. The van der Waals surface area contributed by atoms with Crippen LogP contribution in [0, 0.1) is 0 Å². The van der Waals surface area contributed by atoms with E-state index in [9.17, 15) is 18.0 Å². The highest BCUT2D eigenvalue weighted by Gasteiger charge is 2.30. The molecule has 1 heterocycles. The summed E-state index contributed by atoms with van der Waals surface area (Å²) in [6.07, 6.45) is 0. The summed E-state index contributed by atoms with van der Waals surface area (Å²) in [5, 5.41) is 2.76. The molecule has 0 fully saturated rings. The fourth-order valence-electron chi connectivity index (χ4n) is 2.33. The van der Waals surface area contributed by atoms with Gasteiger partial charge in [-0.05, 0) is 35.9 Å². The molecule has 1 aliphatic heterocycles. The predicted octanol–water partition coefficient (Wildman–Crippen LogP) is 2.95. The van der Waals surface area contributed by atoms with E-state index in [1.165, 1.54) is 24.3 Å². The van der Waals surface area contributed by atoms with Crippen molar-refractivity contribution in [3.63, 3.8) is 0 Å². The molecule has 0 aliphatic carbocycles. The molecule has 8 heteroatoms. The highest BCUT2D eigenvalue weighted by molar-refractivity contribution is 9.08. The summed E-state index contributed by atoms with van der Waals surface area (Å²) in [6.45, 7) is 0. The van der Waals surface area contributed by atoms with Crippen molar-refractivity contribution in [2.24, 2.45) is 0 Å². The van der Waals surface area contributed by atoms with Crippen molar-refractivity contribution in [3.8, 4) is 0 Å². The van der Waals surface area contributed by atoms with E-state index in [2.05, 4.69) is 21.2 Å². The van der Waals surface area contributed by atoms with Crippen LogP contribution >= 0.6 is 27.5 Å². The van der Waals surface area contributed by atoms with Gasteiger partial charge in [0.15, 0.2) is 0 Å². The molecule has 2 aromatic carbocycles. The van der Waals surface area contributed by atoms with Crippen molar-refractivity contribution in [1.29, 1.82) is 0 Å². The van der Waals surface area contributed by atoms with Gasteiger partial charge in [-0.25, -0.2) is 8.42 Å². The van der Waals surface area contributed by atoms with Crippen LogP contribution in [0.25, 0.3) is 0 Å². The number of hydrogen-bond acceptors (Lipinski definition) is 4. The molecule has 0 atom stereocenters. The fraction of sp³-hybridized carbons (Fsp3) is 0.0667. The summed E-state index contributed by atoms with van der Waals surface area (Å²) in [5.41, 5.74) is 0.773. The van der Waals surface area contributed by atoms with Crippen molar-refractivity contribution in [2.45, 2.75) is 15.1 Å². The molecule has 0 bridgehead atoms. The first-order chi connectivity index (χ1) is 10.8. The number of carbonyl (C=O) groups is 2.